The van der Waals surface area contributed by atoms with E-state index in [1.54, 1.807) is 12.3 Å². The zero-order chi connectivity index (χ0) is 17.4. The summed E-state index contributed by atoms with van der Waals surface area (Å²) in [5.74, 6) is 1.44. The summed E-state index contributed by atoms with van der Waals surface area (Å²) in [4.78, 5) is 6.56. The van der Waals surface area contributed by atoms with E-state index >= 15 is 0 Å². The summed E-state index contributed by atoms with van der Waals surface area (Å²) in [6.07, 6.45) is 5.02. The van der Waals surface area contributed by atoms with E-state index in [2.05, 4.69) is 9.88 Å². The summed E-state index contributed by atoms with van der Waals surface area (Å²) in [5, 5.41) is 11.5. The van der Waals surface area contributed by atoms with Gasteiger partial charge in [0.25, 0.3) is 0 Å². The molecule has 0 spiro atoms. The molecule has 0 bridgehead atoms. The fourth-order valence-corrected chi connectivity index (χ4v) is 3.73. The van der Waals surface area contributed by atoms with Gasteiger partial charge in [-0.2, -0.15) is 0 Å². The molecule has 6 heteroatoms. The number of aliphatic hydroxyl groups is 1. The first-order valence-electron chi connectivity index (χ1n) is 8.66. The van der Waals surface area contributed by atoms with Crippen molar-refractivity contribution in [1.29, 1.82) is 0 Å². The zero-order valence-corrected chi connectivity index (χ0v) is 14.2. The Morgan fingerprint density at radius 1 is 1.40 bits per heavy atom. The molecule has 0 saturated carbocycles. The lowest BCUT2D eigenvalue weighted by Crippen LogP contribution is -2.37. The van der Waals surface area contributed by atoms with Crippen LogP contribution in [-0.2, 0) is 13.6 Å². The number of fused-ring (bicyclic) bond motifs is 1. The van der Waals surface area contributed by atoms with Gasteiger partial charge in [-0.15, -0.1) is 0 Å². The molecule has 2 atom stereocenters. The third-order valence-electron chi connectivity index (χ3n) is 5.02. The van der Waals surface area contributed by atoms with E-state index in [0.29, 0.717) is 18.0 Å². The third kappa shape index (κ3) is 3.32. The highest BCUT2D eigenvalue weighted by Gasteiger charge is 2.29. The van der Waals surface area contributed by atoms with Crippen LogP contribution in [0.2, 0.25) is 0 Å². The predicted molar refractivity (Wildman–Crippen MR) is 92.3 cm³/mol. The van der Waals surface area contributed by atoms with Crippen LogP contribution >= 0.6 is 0 Å². The Bertz CT molecular complexity index is 873. The third-order valence-corrected chi connectivity index (χ3v) is 5.02. The van der Waals surface area contributed by atoms with Crippen LogP contribution in [0.1, 0.15) is 30.5 Å². The van der Waals surface area contributed by atoms with Gasteiger partial charge in [0.05, 0.1) is 6.54 Å². The maximum Gasteiger partial charge on any atom is 0.137 e. The Balaban J connectivity index is 1.46. The maximum atomic E-state index is 13.3. The van der Waals surface area contributed by atoms with E-state index < -0.39 is 6.10 Å². The van der Waals surface area contributed by atoms with Crippen molar-refractivity contribution in [2.75, 3.05) is 13.1 Å². The Labute approximate surface area is 145 Å². The van der Waals surface area contributed by atoms with Gasteiger partial charge in [0.15, 0.2) is 0 Å². The average molecular weight is 343 g/mol. The minimum absolute atomic E-state index is 0.150. The summed E-state index contributed by atoms with van der Waals surface area (Å²) < 4.78 is 21.0. The number of benzene rings is 1. The highest BCUT2D eigenvalue weighted by molar-refractivity contribution is 5.77. The van der Waals surface area contributed by atoms with Gasteiger partial charge in [0, 0.05) is 37.3 Å². The molecule has 1 aliphatic heterocycles. The van der Waals surface area contributed by atoms with Crippen LogP contribution in [0, 0.1) is 11.7 Å². The molecule has 1 N–H and O–H groups in total. The highest BCUT2D eigenvalue weighted by atomic mass is 19.1. The lowest BCUT2D eigenvalue weighted by atomic mass is 9.92. The first-order valence-corrected chi connectivity index (χ1v) is 8.66. The van der Waals surface area contributed by atoms with Crippen molar-refractivity contribution < 1.29 is 13.9 Å². The average Bonchev–Trinajstić information content (AvgIpc) is 3.19. The van der Waals surface area contributed by atoms with Crippen LogP contribution in [0.25, 0.3) is 11.0 Å². The van der Waals surface area contributed by atoms with Gasteiger partial charge in [0.2, 0.25) is 0 Å². The summed E-state index contributed by atoms with van der Waals surface area (Å²) >= 11 is 0. The Hall–Kier alpha value is -2.18. The lowest BCUT2D eigenvalue weighted by molar-refractivity contribution is 0.0385. The molecule has 3 aromatic rings. The number of furan rings is 1. The molecule has 0 radical (unpaired) electrons. The number of rotatable bonds is 4. The molecule has 3 heterocycles. The lowest BCUT2D eigenvalue weighted by Gasteiger charge is -2.34. The molecule has 1 aromatic carbocycles. The van der Waals surface area contributed by atoms with Crippen molar-refractivity contribution >= 4 is 11.0 Å². The minimum Gasteiger partial charge on any atom is -0.460 e. The summed E-state index contributed by atoms with van der Waals surface area (Å²) in [5.41, 5.74) is 0.706. The molecule has 1 fully saturated rings. The molecule has 0 aliphatic carbocycles. The fraction of sp³-hybridized carbons (Fsp3) is 0.421. The number of hydrogen-bond acceptors (Lipinski definition) is 4. The van der Waals surface area contributed by atoms with Gasteiger partial charge in [0.1, 0.15) is 29.1 Å². The standard InChI is InChI=1S/C19H22FN3O2/c1-22-8-6-21-19(22)18(24)13-3-2-7-23(11-13)12-16-10-14-9-15(20)4-5-17(14)25-16/h4-6,8-10,13,18,24H,2-3,7,11-12H2,1H3/t13-,18-/m0/s1. The van der Waals surface area contributed by atoms with Crippen LogP contribution < -0.4 is 0 Å². The van der Waals surface area contributed by atoms with Crippen LogP contribution in [-0.4, -0.2) is 32.6 Å². The summed E-state index contributed by atoms with van der Waals surface area (Å²) in [7, 11) is 1.90. The summed E-state index contributed by atoms with van der Waals surface area (Å²) in [6, 6.07) is 6.47. The number of nitrogens with zero attached hydrogens (tertiary/aromatic N) is 3. The van der Waals surface area contributed by atoms with E-state index in [9.17, 15) is 9.50 Å². The van der Waals surface area contributed by atoms with Crippen LogP contribution in [0.5, 0.6) is 0 Å². The van der Waals surface area contributed by atoms with E-state index in [1.165, 1.54) is 12.1 Å². The second-order valence-electron chi connectivity index (χ2n) is 6.87. The Kier molecular flexibility index (Phi) is 4.31. The van der Waals surface area contributed by atoms with Crippen molar-refractivity contribution in [3.63, 3.8) is 0 Å². The Morgan fingerprint density at radius 2 is 2.28 bits per heavy atom. The van der Waals surface area contributed by atoms with Gasteiger partial charge in [-0.25, -0.2) is 9.37 Å². The van der Waals surface area contributed by atoms with Crippen molar-refractivity contribution in [2.24, 2.45) is 13.0 Å². The van der Waals surface area contributed by atoms with Crippen molar-refractivity contribution in [1.82, 2.24) is 14.5 Å². The minimum atomic E-state index is -0.562. The second-order valence-corrected chi connectivity index (χ2v) is 6.87. The molecular formula is C19H22FN3O2. The normalized spacial score (nSPS) is 20.2. The van der Waals surface area contributed by atoms with E-state index in [-0.39, 0.29) is 11.7 Å². The van der Waals surface area contributed by atoms with Crippen LogP contribution in [0.4, 0.5) is 4.39 Å². The van der Waals surface area contributed by atoms with Crippen molar-refractivity contribution in [2.45, 2.75) is 25.5 Å². The van der Waals surface area contributed by atoms with Gasteiger partial charge in [-0.3, -0.25) is 4.90 Å². The van der Waals surface area contributed by atoms with Crippen LogP contribution in [0.3, 0.4) is 0 Å². The van der Waals surface area contributed by atoms with Crippen molar-refractivity contribution in [3.05, 3.63) is 54.1 Å². The number of aryl methyl sites for hydroxylation is 1. The van der Waals surface area contributed by atoms with Gasteiger partial charge in [-0.05, 0) is 43.7 Å². The molecular weight excluding hydrogens is 321 g/mol. The van der Waals surface area contributed by atoms with Crippen molar-refractivity contribution in [3.8, 4) is 0 Å². The smallest absolute Gasteiger partial charge is 0.137 e. The number of likely N-dealkylation sites (tertiary alicyclic amines) is 1. The number of aromatic nitrogens is 2. The van der Waals surface area contributed by atoms with Gasteiger partial charge in [-0.1, -0.05) is 0 Å². The molecule has 4 rings (SSSR count). The largest absolute Gasteiger partial charge is 0.460 e. The first-order chi connectivity index (χ1) is 12.1. The number of hydrogen-bond donors (Lipinski definition) is 1. The van der Waals surface area contributed by atoms with Crippen LogP contribution in [0.15, 0.2) is 41.1 Å². The molecule has 5 nitrogen and oxygen atoms in total. The predicted octanol–water partition coefficient (Wildman–Crippen LogP) is 3.25. The molecule has 25 heavy (non-hydrogen) atoms. The Morgan fingerprint density at radius 3 is 3.08 bits per heavy atom. The quantitative estimate of drug-likeness (QED) is 0.790. The molecule has 1 saturated heterocycles. The molecule has 0 unspecified atom stereocenters. The second kappa shape index (κ2) is 6.61. The van der Waals surface area contributed by atoms with Gasteiger partial charge >= 0.3 is 0 Å². The topological polar surface area (TPSA) is 54.4 Å². The molecule has 2 aromatic heterocycles. The maximum absolute atomic E-state index is 13.3. The monoisotopic (exact) mass is 343 g/mol. The number of halogens is 1. The molecule has 1 aliphatic rings. The number of aliphatic hydroxyl groups excluding tert-OH is 1. The molecule has 0 amide bonds. The SMILES string of the molecule is Cn1ccnc1[C@@H](O)[C@H]1CCCN(Cc2cc3cc(F)ccc3o2)C1. The number of piperidine rings is 1. The zero-order valence-electron chi connectivity index (χ0n) is 14.2. The number of imidazole rings is 1. The van der Waals surface area contributed by atoms with Gasteiger partial charge < -0.3 is 14.1 Å². The molecule has 132 valence electrons. The fourth-order valence-electron chi connectivity index (χ4n) is 3.73. The highest BCUT2D eigenvalue weighted by Crippen LogP contribution is 2.30. The summed E-state index contributed by atoms with van der Waals surface area (Å²) in [6.45, 7) is 2.43. The van der Waals surface area contributed by atoms with E-state index in [0.717, 1.165) is 37.1 Å². The van der Waals surface area contributed by atoms with E-state index in [4.69, 9.17) is 4.42 Å². The first kappa shape index (κ1) is 16.3. The van der Waals surface area contributed by atoms with E-state index in [1.807, 2.05) is 23.9 Å².